The van der Waals surface area contributed by atoms with Crippen molar-refractivity contribution in [3.05, 3.63) is 24.3 Å². The first-order chi connectivity index (χ1) is 14.8. The average molecular weight is 429 g/mol. The van der Waals surface area contributed by atoms with Crippen LogP contribution in [0.5, 0.6) is 0 Å². The molecule has 8 heteroatoms. The molecule has 8 nitrogen and oxygen atoms in total. The van der Waals surface area contributed by atoms with Gasteiger partial charge in [0.15, 0.2) is 0 Å². The lowest BCUT2D eigenvalue weighted by atomic mass is 9.53. The topological polar surface area (TPSA) is 109 Å². The van der Waals surface area contributed by atoms with Crippen molar-refractivity contribution in [2.75, 3.05) is 24.4 Å². The zero-order valence-corrected chi connectivity index (χ0v) is 18.2. The molecule has 0 heterocycles. The number of methoxy groups -OCH3 is 1. The molecule has 5 rings (SSSR count). The first-order valence-corrected chi connectivity index (χ1v) is 11.1. The van der Waals surface area contributed by atoms with Crippen LogP contribution in [0, 0.1) is 17.8 Å². The van der Waals surface area contributed by atoms with Crippen LogP contribution in [0.1, 0.15) is 45.4 Å². The van der Waals surface area contributed by atoms with Gasteiger partial charge in [0.25, 0.3) is 0 Å². The van der Waals surface area contributed by atoms with Gasteiger partial charge in [-0.2, -0.15) is 0 Å². The van der Waals surface area contributed by atoms with Crippen molar-refractivity contribution >= 4 is 29.2 Å². The number of anilines is 2. The van der Waals surface area contributed by atoms with Crippen LogP contribution in [0.3, 0.4) is 0 Å². The zero-order chi connectivity index (χ0) is 22.0. The van der Waals surface area contributed by atoms with Gasteiger partial charge in [-0.1, -0.05) is 0 Å². The van der Waals surface area contributed by atoms with E-state index in [2.05, 4.69) is 21.3 Å². The summed E-state index contributed by atoms with van der Waals surface area (Å²) in [6, 6.07) is 6.03. The third-order valence-electron chi connectivity index (χ3n) is 6.87. The van der Waals surface area contributed by atoms with Crippen LogP contribution in [0.4, 0.5) is 16.2 Å². The van der Waals surface area contributed by atoms with E-state index in [1.807, 2.05) is 0 Å². The van der Waals surface area contributed by atoms with Crippen LogP contribution in [0.25, 0.3) is 0 Å². The number of urea groups is 1. The molecule has 1 unspecified atom stereocenters. The fourth-order valence-electron chi connectivity index (χ4n) is 6.05. The van der Waals surface area contributed by atoms with E-state index in [0.717, 1.165) is 37.0 Å². The third-order valence-corrected chi connectivity index (χ3v) is 6.87. The summed E-state index contributed by atoms with van der Waals surface area (Å²) in [6.07, 6.45) is 7.04. The summed E-state index contributed by atoms with van der Waals surface area (Å²) in [5, 5.41) is 11.5. The lowest BCUT2D eigenvalue weighted by Crippen LogP contribution is -2.62. The van der Waals surface area contributed by atoms with E-state index in [1.54, 1.807) is 31.2 Å². The van der Waals surface area contributed by atoms with E-state index in [0.29, 0.717) is 11.4 Å². The predicted molar refractivity (Wildman–Crippen MR) is 118 cm³/mol. The van der Waals surface area contributed by atoms with Gasteiger partial charge in [0, 0.05) is 24.0 Å². The summed E-state index contributed by atoms with van der Waals surface area (Å²) in [4.78, 5) is 36.7. The number of benzene rings is 1. The lowest BCUT2D eigenvalue weighted by molar-refractivity contribution is -0.121. The average Bonchev–Trinajstić information content (AvgIpc) is 2.68. The number of carbonyl (C=O) groups is 3. The monoisotopic (exact) mass is 428 g/mol. The first kappa shape index (κ1) is 21.6. The van der Waals surface area contributed by atoms with Gasteiger partial charge in [0.1, 0.15) is 12.6 Å². The Morgan fingerprint density at radius 1 is 1.00 bits per heavy atom. The number of nitrogens with one attached hydrogen (secondary N) is 4. The molecule has 4 aliphatic carbocycles. The maximum atomic E-state index is 12.6. The number of hydrogen-bond donors (Lipinski definition) is 4. The Morgan fingerprint density at radius 3 is 2.10 bits per heavy atom. The van der Waals surface area contributed by atoms with Gasteiger partial charge < -0.3 is 20.7 Å². The molecule has 31 heavy (non-hydrogen) atoms. The second-order valence-electron chi connectivity index (χ2n) is 9.57. The quantitative estimate of drug-likeness (QED) is 0.534. The first-order valence-electron chi connectivity index (χ1n) is 11.1. The van der Waals surface area contributed by atoms with E-state index < -0.39 is 12.1 Å². The highest BCUT2D eigenvalue weighted by Crippen LogP contribution is 2.55. The van der Waals surface area contributed by atoms with E-state index in [4.69, 9.17) is 4.74 Å². The summed E-state index contributed by atoms with van der Waals surface area (Å²) in [5.74, 6) is 1.57. The maximum Gasteiger partial charge on any atom is 0.321 e. The Balaban J connectivity index is 1.26. The summed E-state index contributed by atoms with van der Waals surface area (Å²) in [5.41, 5.74) is 1.23. The SMILES string of the molecule is COCC(=O)Nc1ccc(NC(C)C(=O)NC(=O)NC23CC4CC(CC(C4)C2)C3)cc1. The minimum Gasteiger partial charge on any atom is -0.375 e. The van der Waals surface area contributed by atoms with E-state index in [1.165, 1.54) is 26.4 Å². The Morgan fingerprint density at radius 2 is 1.55 bits per heavy atom. The summed E-state index contributed by atoms with van der Waals surface area (Å²) in [7, 11) is 1.46. The summed E-state index contributed by atoms with van der Waals surface area (Å²) in [6.45, 7) is 1.70. The van der Waals surface area contributed by atoms with Gasteiger partial charge >= 0.3 is 6.03 Å². The minimum atomic E-state index is -0.587. The molecular formula is C23H32N4O4. The van der Waals surface area contributed by atoms with E-state index in [-0.39, 0.29) is 24.0 Å². The Bertz CT molecular complexity index is 803. The molecule has 0 aromatic heterocycles. The van der Waals surface area contributed by atoms with Crippen molar-refractivity contribution < 1.29 is 19.1 Å². The van der Waals surface area contributed by atoms with Crippen LogP contribution in [-0.2, 0) is 14.3 Å². The van der Waals surface area contributed by atoms with Crippen LogP contribution in [0.2, 0.25) is 0 Å². The largest absolute Gasteiger partial charge is 0.375 e. The molecule has 4 amide bonds. The molecule has 4 N–H and O–H groups in total. The number of amides is 4. The van der Waals surface area contributed by atoms with Crippen LogP contribution in [-0.4, -0.2) is 43.1 Å². The third kappa shape index (κ3) is 5.18. The fraction of sp³-hybridized carbons (Fsp3) is 0.609. The minimum absolute atomic E-state index is 0.0114. The summed E-state index contributed by atoms with van der Waals surface area (Å²) >= 11 is 0. The van der Waals surface area contributed by atoms with Crippen molar-refractivity contribution in [2.24, 2.45) is 17.8 Å². The molecule has 4 fully saturated rings. The summed E-state index contributed by atoms with van der Waals surface area (Å²) < 4.78 is 4.79. The second-order valence-corrected chi connectivity index (χ2v) is 9.57. The number of hydrogen-bond acceptors (Lipinski definition) is 5. The van der Waals surface area contributed by atoms with Gasteiger partial charge in [0.2, 0.25) is 11.8 Å². The lowest BCUT2D eigenvalue weighted by Gasteiger charge is -2.56. The molecule has 168 valence electrons. The highest BCUT2D eigenvalue weighted by molar-refractivity contribution is 5.98. The van der Waals surface area contributed by atoms with Gasteiger partial charge in [-0.25, -0.2) is 4.79 Å². The fourth-order valence-corrected chi connectivity index (χ4v) is 6.05. The molecule has 1 aromatic rings. The molecule has 0 radical (unpaired) electrons. The van der Waals surface area contributed by atoms with E-state index >= 15 is 0 Å². The number of ether oxygens (including phenoxy) is 1. The van der Waals surface area contributed by atoms with Crippen molar-refractivity contribution in [3.8, 4) is 0 Å². The molecule has 4 bridgehead atoms. The normalized spacial score (nSPS) is 29.2. The molecule has 0 saturated heterocycles. The second kappa shape index (κ2) is 8.86. The molecule has 4 aliphatic rings. The van der Waals surface area contributed by atoms with Gasteiger partial charge in [0.05, 0.1) is 0 Å². The van der Waals surface area contributed by atoms with Crippen molar-refractivity contribution in [1.82, 2.24) is 10.6 Å². The van der Waals surface area contributed by atoms with Crippen LogP contribution in [0.15, 0.2) is 24.3 Å². The van der Waals surface area contributed by atoms with Gasteiger partial charge in [-0.3, -0.25) is 14.9 Å². The van der Waals surface area contributed by atoms with Crippen LogP contribution < -0.4 is 21.3 Å². The van der Waals surface area contributed by atoms with Crippen molar-refractivity contribution in [3.63, 3.8) is 0 Å². The van der Waals surface area contributed by atoms with E-state index in [9.17, 15) is 14.4 Å². The maximum absolute atomic E-state index is 12.6. The Hall–Kier alpha value is -2.61. The predicted octanol–water partition coefficient (Wildman–Crippen LogP) is 2.87. The molecule has 1 aromatic carbocycles. The number of carbonyl (C=O) groups excluding carboxylic acids is 3. The van der Waals surface area contributed by atoms with Crippen molar-refractivity contribution in [1.29, 1.82) is 0 Å². The molecule has 1 atom stereocenters. The molecule has 4 saturated carbocycles. The zero-order valence-electron chi connectivity index (χ0n) is 18.2. The molecule has 0 aliphatic heterocycles. The van der Waals surface area contributed by atoms with Crippen LogP contribution >= 0.6 is 0 Å². The molecule has 0 spiro atoms. The Kier molecular flexibility index (Phi) is 6.18. The number of imide groups is 1. The van der Waals surface area contributed by atoms with Gasteiger partial charge in [-0.15, -0.1) is 0 Å². The highest BCUT2D eigenvalue weighted by Gasteiger charge is 2.51. The molecular weight excluding hydrogens is 396 g/mol. The standard InChI is InChI=1S/C23H32N4O4/c1-14(24-18-3-5-19(6-4-18)25-20(28)13-31-2)21(29)26-22(30)27-23-10-15-7-16(11-23)9-17(8-15)12-23/h3-6,14-17,24H,7-13H2,1-2H3,(H,25,28)(H2,26,27,29,30). The highest BCUT2D eigenvalue weighted by atomic mass is 16.5. The number of rotatable bonds is 7. The Labute approximate surface area is 182 Å². The van der Waals surface area contributed by atoms with Crippen molar-refractivity contribution in [2.45, 2.75) is 57.0 Å². The smallest absolute Gasteiger partial charge is 0.321 e. The van der Waals surface area contributed by atoms with Gasteiger partial charge in [-0.05, 0) is 87.5 Å².